The SMILES string of the molecule is COCC(CBr)NC(=O)c1cccc2c1OCCO2. The Hall–Kier alpha value is -1.27. The minimum Gasteiger partial charge on any atom is -0.486 e. The highest BCUT2D eigenvalue weighted by molar-refractivity contribution is 9.09. The molecule has 1 amide bonds. The Morgan fingerprint density at radius 1 is 1.47 bits per heavy atom. The minimum atomic E-state index is -0.191. The van der Waals surface area contributed by atoms with Crippen molar-refractivity contribution >= 4 is 21.8 Å². The van der Waals surface area contributed by atoms with Crippen molar-refractivity contribution in [2.75, 3.05) is 32.3 Å². The molecule has 0 fully saturated rings. The smallest absolute Gasteiger partial charge is 0.255 e. The van der Waals surface area contributed by atoms with Gasteiger partial charge in [0.1, 0.15) is 13.2 Å². The fraction of sp³-hybridized carbons (Fsp3) is 0.462. The van der Waals surface area contributed by atoms with Crippen molar-refractivity contribution in [2.45, 2.75) is 6.04 Å². The molecule has 0 radical (unpaired) electrons. The number of nitrogens with one attached hydrogen (secondary N) is 1. The fourth-order valence-corrected chi connectivity index (χ4v) is 2.19. The third-order valence-electron chi connectivity index (χ3n) is 2.70. The van der Waals surface area contributed by atoms with Crippen molar-refractivity contribution in [1.29, 1.82) is 0 Å². The third kappa shape index (κ3) is 3.39. The summed E-state index contributed by atoms with van der Waals surface area (Å²) in [5.74, 6) is 0.932. The van der Waals surface area contributed by atoms with E-state index in [1.807, 2.05) is 0 Å². The second-order valence-electron chi connectivity index (χ2n) is 4.11. The number of hydrogen-bond acceptors (Lipinski definition) is 4. The van der Waals surface area contributed by atoms with E-state index in [2.05, 4.69) is 21.2 Å². The van der Waals surface area contributed by atoms with Crippen LogP contribution in [0.4, 0.5) is 0 Å². The van der Waals surface area contributed by atoms with Gasteiger partial charge in [-0.3, -0.25) is 4.79 Å². The number of ether oxygens (including phenoxy) is 3. The molecule has 0 saturated heterocycles. The molecular weight excluding hydrogens is 314 g/mol. The van der Waals surface area contributed by atoms with Crippen molar-refractivity contribution in [3.05, 3.63) is 23.8 Å². The summed E-state index contributed by atoms with van der Waals surface area (Å²) in [5.41, 5.74) is 0.485. The average molecular weight is 330 g/mol. The maximum Gasteiger partial charge on any atom is 0.255 e. The standard InChI is InChI=1S/C13H16BrNO4/c1-17-8-9(7-14)15-13(16)10-3-2-4-11-12(10)19-6-5-18-11/h2-4,9H,5-8H2,1H3,(H,15,16). The number of carbonyl (C=O) groups excluding carboxylic acids is 1. The Balaban J connectivity index is 2.15. The van der Waals surface area contributed by atoms with Crippen LogP contribution in [0.15, 0.2) is 18.2 Å². The summed E-state index contributed by atoms with van der Waals surface area (Å²) >= 11 is 3.34. The van der Waals surface area contributed by atoms with E-state index in [0.29, 0.717) is 42.2 Å². The normalized spacial score (nSPS) is 14.8. The van der Waals surface area contributed by atoms with Crippen molar-refractivity contribution in [3.8, 4) is 11.5 Å². The van der Waals surface area contributed by atoms with Crippen molar-refractivity contribution < 1.29 is 19.0 Å². The predicted molar refractivity (Wildman–Crippen MR) is 74.4 cm³/mol. The zero-order chi connectivity index (χ0) is 13.7. The molecule has 0 aliphatic carbocycles. The van der Waals surface area contributed by atoms with Gasteiger partial charge >= 0.3 is 0 Å². The molecule has 2 rings (SSSR count). The number of para-hydroxylation sites is 1. The Morgan fingerprint density at radius 2 is 2.26 bits per heavy atom. The summed E-state index contributed by atoms with van der Waals surface area (Å²) in [6.45, 7) is 1.41. The van der Waals surface area contributed by atoms with Crippen LogP contribution in [0, 0.1) is 0 Å². The summed E-state index contributed by atoms with van der Waals surface area (Å²) in [6.07, 6.45) is 0. The van der Waals surface area contributed by atoms with E-state index in [4.69, 9.17) is 14.2 Å². The lowest BCUT2D eigenvalue weighted by molar-refractivity contribution is 0.0897. The first kappa shape index (κ1) is 14.1. The van der Waals surface area contributed by atoms with Crippen LogP contribution in [0.3, 0.4) is 0 Å². The first-order chi connectivity index (χ1) is 9.26. The average Bonchev–Trinajstić information content (AvgIpc) is 2.46. The summed E-state index contributed by atoms with van der Waals surface area (Å²) in [5, 5.41) is 3.51. The highest BCUT2D eigenvalue weighted by atomic mass is 79.9. The van der Waals surface area contributed by atoms with E-state index in [1.54, 1.807) is 25.3 Å². The Labute approximate surface area is 120 Å². The molecule has 1 aromatic carbocycles. The zero-order valence-electron chi connectivity index (χ0n) is 10.6. The van der Waals surface area contributed by atoms with Gasteiger partial charge in [0, 0.05) is 12.4 Å². The van der Waals surface area contributed by atoms with Gasteiger partial charge < -0.3 is 19.5 Å². The van der Waals surface area contributed by atoms with Crippen molar-refractivity contribution in [2.24, 2.45) is 0 Å². The lowest BCUT2D eigenvalue weighted by Gasteiger charge is -2.21. The molecule has 1 atom stereocenters. The highest BCUT2D eigenvalue weighted by Gasteiger charge is 2.21. The van der Waals surface area contributed by atoms with Crippen LogP contribution in [0.5, 0.6) is 11.5 Å². The predicted octanol–water partition coefficient (Wildman–Crippen LogP) is 1.60. The molecule has 0 spiro atoms. The topological polar surface area (TPSA) is 56.8 Å². The third-order valence-corrected chi connectivity index (χ3v) is 3.48. The van der Waals surface area contributed by atoms with E-state index >= 15 is 0 Å². The number of alkyl halides is 1. The molecule has 1 aliphatic rings. The molecule has 1 unspecified atom stereocenters. The minimum absolute atomic E-state index is 0.0853. The van der Waals surface area contributed by atoms with Crippen molar-refractivity contribution in [3.63, 3.8) is 0 Å². The molecule has 1 aromatic rings. The van der Waals surface area contributed by atoms with Gasteiger partial charge in [0.25, 0.3) is 5.91 Å². The van der Waals surface area contributed by atoms with Crippen LogP contribution in [-0.2, 0) is 4.74 Å². The molecule has 0 saturated carbocycles. The molecule has 0 bridgehead atoms. The number of carbonyl (C=O) groups is 1. The van der Waals surface area contributed by atoms with Gasteiger partial charge in [-0.05, 0) is 12.1 Å². The fourth-order valence-electron chi connectivity index (χ4n) is 1.84. The van der Waals surface area contributed by atoms with Crippen LogP contribution < -0.4 is 14.8 Å². The Bertz CT molecular complexity index is 452. The number of hydrogen-bond donors (Lipinski definition) is 1. The van der Waals surface area contributed by atoms with Crippen LogP contribution in [0.1, 0.15) is 10.4 Å². The number of benzene rings is 1. The van der Waals surface area contributed by atoms with Crippen LogP contribution in [-0.4, -0.2) is 44.2 Å². The molecule has 104 valence electrons. The summed E-state index contributed by atoms with van der Waals surface area (Å²) in [4.78, 5) is 12.2. The molecular formula is C13H16BrNO4. The van der Waals surface area contributed by atoms with E-state index in [-0.39, 0.29) is 11.9 Å². The summed E-state index contributed by atoms with van der Waals surface area (Å²) < 4.78 is 16.0. The maximum atomic E-state index is 12.2. The first-order valence-corrected chi connectivity index (χ1v) is 7.12. The second kappa shape index (κ2) is 6.77. The molecule has 1 aliphatic heterocycles. The lowest BCUT2D eigenvalue weighted by atomic mass is 10.1. The Morgan fingerprint density at radius 3 is 3.00 bits per heavy atom. The van der Waals surface area contributed by atoms with Gasteiger partial charge in [-0.2, -0.15) is 0 Å². The molecule has 1 N–H and O–H groups in total. The number of rotatable bonds is 5. The van der Waals surface area contributed by atoms with Gasteiger partial charge in [0.2, 0.25) is 0 Å². The first-order valence-electron chi connectivity index (χ1n) is 6.00. The van der Waals surface area contributed by atoms with Crippen LogP contribution >= 0.6 is 15.9 Å². The van der Waals surface area contributed by atoms with E-state index in [9.17, 15) is 4.79 Å². The van der Waals surface area contributed by atoms with Gasteiger partial charge in [-0.1, -0.05) is 22.0 Å². The molecule has 1 heterocycles. The van der Waals surface area contributed by atoms with Gasteiger partial charge in [-0.25, -0.2) is 0 Å². The number of fused-ring (bicyclic) bond motifs is 1. The molecule has 19 heavy (non-hydrogen) atoms. The molecule has 0 aromatic heterocycles. The summed E-state index contributed by atoms with van der Waals surface area (Å²) in [7, 11) is 1.60. The van der Waals surface area contributed by atoms with Gasteiger partial charge in [0.05, 0.1) is 18.2 Å². The number of amides is 1. The number of halogens is 1. The van der Waals surface area contributed by atoms with E-state index in [0.717, 1.165) is 0 Å². The van der Waals surface area contributed by atoms with Crippen LogP contribution in [0.2, 0.25) is 0 Å². The Kier molecular flexibility index (Phi) is 5.04. The van der Waals surface area contributed by atoms with Crippen LogP contribution in [0.25, 0.3) is 0 Å². The highest BCUT2D eigenvalue weighted by Crippen LogP contribution is 2.33. The van der Waals surface area contributed by atoms with Crippen molar-refractivity contribution in [1.82, 2.24) is 5.32 Å². The maximum absolute atomic E-state index is 12.2. The number of methoxy groups -OCH3 is 1. The largest absolute Gasteiger partial charge is 0.486 e. The lowest BCUT2D eigenvalue weighted by Crippen LogP contribution is -2.39. The van der Waals surface area contributed by atoms with Gasteiger partial charge in [-0.15, -0.1) is 0 Å². The second-order valence-corrected chi connectivity index (χ2v) is 4.76. The molecule has 6 heteroatoms. The van der Waals surface area contributed by atoms with Gasteiger partial charge in [0.15, 0.2) is 11.5 Å². The quantitative estimate of drug-likeness (QED) is 0.833. The summed E-state index contributed by atoms with van der Waals surface area (Å²) in [6, 6.07) is 5.21. The monoisotopic (exact) mass is 329 g/mol. The zero-order valence-corrected chi connectivity index (χ0v) is 12.2. The molecule has 5 nitrogen and oxygen atoms in total. The van der Waals surface area contributed by atoms with E-state index < -0.39 is 0 Å². The van der Waals surface area contributed by atoms with E-state index in [1.165, 1.54) is 0 Å².